The van der Waals surface area contributed by atoms with Crippen molar-refractivity contribution < 1.29 is 19.3 Å². The predicted octanol–water partition coefficient (Wildman–Crippen LogP) is 4.22. The fraction of sp³-hybridized carbons (Fsp3) is 0.267. The minimum Gasteiger partial charge on any atom is -0.468 e. The summed E-state index contributed by atoms with van der Waals surface area (Å²) in [7, 11) is 1.45. The zero-order valence-corrected chi connectivity index (χ0v) is 20.9. The number of aryl methyl sites for hydroxylation is 1. The van der Waals surface area contributed by atoms with Gasteiger partial charge in [0.1, 0.15) is 17.9 Å². The van der Waals surface area contributed by atoms with Crippen LogP contribution in [0.15, 0.2) is 102 Å². The summed E-state index contributed by atoms with van der Waals surface area (Å²) < 4.78 is 20.1. The van der Waals surface area contributed by atoms with E-state index >= 15 is 0 Å². The lowest BCUT2D eigenvalue weighted by Gasteiger charge is -2.37. The minimum atomic E-state index is -0.919. The fourth-order valence-electron chi connectivity index (χ4n) is 4.92. The van der Waals surface area contributed by atoms with Crippen molar-refractivity contribution >= 4 is 0 Å². The van der Waals surface area contributed by atoms with Gasteiger partial charge in [0.15, 0.2) is 0 Å². The molecule has 1 aromatic heterocycles. The molecule has 0 saturated carbocycles. The first kappa shape index (κ1) is 24.9. The summed E-state index contributed by atoms with van der Waals surface area (Å²) in [4.78, 5) is 16.0. The molecule has 3 aromatic carbocycles. The maximum absolute atomic E-state index is 12.0. The van der Waals surface area contributed by atoms with Crippen LogP contribution in [0.3, 0.4) is 0 Å². The Balaban J connectivity index is 1.50. The second-order valence-electron chi connectivity index (χ2n) is 9.15. The maximum atomic E-state index is 12.0. The van der Waals surface area contributed by atoms with E-state index in [2.05, 4.69) is 4.98 Å². The Morgan fingerprint density at radius 1 is 0.946 bits per heavy atom. The second kappa shape index (κ2) is 10.7. The molecule has 0 bridgehead atoms. The molecule has 1 N–H and O–H groups in total. The van der Waals surface area contributed by atoms with Crippen molar-refractivity contribution in [3.8, 4) is 6.01 Å². The Bertz CT molecular complexity index is 1280. The molecule has 190 valence electrons. The predicted molar refractivity (Wildman–Crippen MR) is 139 cm³/mol. The van der Waals surface area contributed by atoms with E-state index in [0.717, 1.165) is 16.7 Å². The number of aliphatic hydroxyl groups is 1. The molecule has 0 radical (unpaired) electrons. The first-order valence-corrected chi connectivity index (χ1v) is 12.3. The lowest BCUT2D eigenvalue weighted by molar-refractivity contribution is -0.0948. The number of ether oxygens (including phenoxy) is 3. The van der Waals surface area contributed by atoms with E-state index in [9.17, 15) is 9.90 Å². The Morgan fingerprint density at radius 2 is 1.46 bits per heavy atom. The molecular formula is C30H30N2O5. The third-order valence-electron chi connectivity index (χ3n) is 6.79. The average molecular weight is 499 g/mol. The summed E-state index contributed by atoms with van der Waals surface area (Å²) in [5, 5.41) is 11.0. The standard InChI is InChI=1S/C30H30N2O5/c1-21-19-32(29(35-2)31-28(21)34)27-18-25(33)26(37-27)20-36-30(22-12-6-3-7-13-22,23-14-8-4-9-15-23)24-16-10-5-11-17-24/h3-17,19,25-27,33H,18,20H2,1-2H3/t25-,26+,27+/m0/s1. The van der Waals surface area contributed by atoms with Crippen molar-refractivity contribution in [3.63, 3.8) is 0 Å². The van der Waals surface area contributed by atoms with Crippen molar-refractivity contribution in [2.45, 2.75) is 37.4 Å². The molecule has 1 fully saturated rings. The lowest BCUT2D eigenvalue weighted by atomic mass is 9.80. The minimum absolute atomic E-state index is 0.130. The zero-order valence-electron chi connectivity index (χ0n) is 20.9. The normalized spacial score (nSPS) is 19.6. The zero-order chi connectivity index (χ0) is 25.8. The van der Waals surface area contributed by atoms with Gasteiger partial charge in [-0.3, -0.25) is 9.36 Å². The average Bonchev–Trinajstić information content (AvgIpc) is 3.32. The molecule has 0 spiro atoms. The number of aliphatic hydroxyl groups excluding tert-OH is 1. The summed E-state index contributed by atoms with van der Waals surface area (Å²) in [6, 6.07) is 30.3. The van der Waals surface area contributed by atoms with Gasteiger partial charge >= 0.3 is 6.01 Å². The van der Waals surface area contributed by atoms with Crippen molar-refractivity contribution in [2.75, 3.05) is 13.7 Å². The summed E-state index contributed by atoms with van der Waals surface area (Å²) in [5.41, 5.74) is 2.10. The van der Waals surface area contributed by atoms with Gasteiger partial charge < -0.3 is 19.3 Å². The van der Waals surface area contributed by atoms with Gasteiger partial charge in [0, 0.05) is 18.2 Å². The highest BCUT2D eigenvalue weighted by molar-refractivity contribution is 5.47. The van der Waals surface area contributed by atoms with Crippen molar-refractivity contribution in [1.82, 2.24) is 9.55 Å². The van der Waals surface area contributed by atoms with Gasteiger partial charge in [-0.1, -0.05) is 91.0 Å². The van der Waals surface area contributed by atoms with Gasteiger partial charge in [-0.25, -0.2) is 0 Å². The van der Waals surface area contributed by atoms with Crippen LogP contribution >= 0.6 is 0 Å². The quantitative estimate of drug-likeness (QED) is 0.367. The molecule has 1 aliphatic rings. The molecule has 7 heteroatoms. The van der Waals surface area contributed by atoms with Gasteiger partial charge in [-0.15, -0.1) is 0 Å². The SMILES string of the molecule is COc1nc(=O)c(C)cn1[C@H]1C[C@H](O)[C@@H](COC(c2ccccc2)(c2ccccc2)c2ccccc2)O1. The monoisotopic (exact) mass is 498 g/mol. The van der Waals surface area contributed by atoms with Gasteiger partial charge in [-0.2, -0.15) is 4.98 Å². The Morgan fingerprint density at radius 3 is 1.95 bits per heavy atom. The van der Waals surface area contributed by atoms with Gasteiger partial charge in [0.05, 0.1) is 19.8 Å². The molecule has 0 unspecified atom stereocenters. The smallest absolute Gasteiger partial charge is 0.301 e. The molecule has 3 atom stereocenters. The highest BCUT2D eigenvalue weighted by Gasteiger charge is 2.42. The van der Waals surface area contributed by atoms with E-state index in [0.29, 0.717) is 12.0 Å². The van der Waals surface area contributed by atoms with E-state index in [1.54, 1.807) is 17.7 Å². The molecule has 0 amide bonds. The largest absolute Gasteiger partial charge is 0.468 e. The van der Waals surface area contributed by atoms with E-state index < -0.39 is 24.0 Å². The van der Waals surface area contributed by atoms with Crippen LogP contribution in [0, 0.1) is 6.92 Å². The summed E-state index contributed by atoms with van der Waals surface area (Å²) in [6.45, 7) is 1.82. The van der Waals surface area contributed by atoms with Crippen LogP contribution < -0.4 is 10.3 Å². The van der Waals surface area contributed by atoms with Crippen LogP contribution in [-0.2, 0) is 15.1 Å². The van der Waals surface area contributed by atoms with Crippen LogP contribution in [0.25, 0.3) is 0 Å². The number of nitrogens with zero attached hydrogens (tertiary/aromatic N) is 2. The number of benzene rings is 3. The molecule has 1 saturated heterocycles. The molecule has 1 aliphatic heterocycles. The fourth-order valence-corrected chi connectivity index (χ4v) is 4.92. The van der Waals surface area contributed by atoms with Crippen LogP contribution in [0.1, 0.15) is 34.9 Å². The van der Waals surface area contributed by atoms with Gasteiger partial charge in [0.2, 0.25) is 0 Å². The molecule has 5 rings (SSSR count). The van der Waals surface area contributed by atoms with Crippen LogP contribution in [-0.4, -0.2) is 40.6 Å². The number of hydrogen-bond acceptors (Lipinski definition) is 6. The third kappa shape index (κ3) is 4.81. The van der Waals surface area contributed by atoms with Crippen LogP contribution in [0.5, 0.6) is 6.01 Å². The summed E-state index contributed by atoms with van der Waals surface area (Å²) >= 11 is 0. The lowest BCUT2D eigenvalue weighted by Crippen LogP contribution is -2.38. The highest BCUT2D eigenvalue weighted by atomic mass is 16.6. The number of rotatable bonds is 8. The number of hydrogen-bond donors (Lipinski definition) is 1. The Hall–Kier alpha value is -3.78. The van der Waals surface area contributed by atoms with Gasteiger partial charge in [-0.05, 0) is 23.6 Å². The van der Waals surface area contributed by atoms with Crippen molar-refractivity contribution in [3.05, 3.63) is 130 Å². The van der Waals surface area contributed by atoms with E-state index in [-0.39, 0.29) is 18.2 Å². The summed E-state index contributed by atoms with van der Waals surface area (Å²) in [5.74, 6) is 0. The highest BCUT2D eigenvalue weighted by Crippen LogP contribution is 2.41. The van der Waals surface area contributed by atoms with E-state index in [1.807, 2.05) is 91.0 Å². The van der Waals surface area contributed by atoms with Crippen molar-refractivity contribution in [2.24, 2.45) is 0 Å². The van der Waals surface area contributed by atoms with E-state index in [4.69, 9.17) is 14.2 Å². The van der Waals surface area contributed by atoms with Gasteiger partial charge in [0.25, 0.3) is 5.56 Å². The molecule has 37 heavy (non-hydrogen) atoms. The second-order valence-corrected chi connectivity index (χ2v) is 9.15. The summed E-state index contributed by atoms with van der Waals surface area (Å²) in [6.07, 6.45) is 0.0183. The van der Waals surface area contributed by atoms with Crippen molar-refractivity contribution in [1.29, 1.82) is 0 Å². The number of methoxy groups -OCH3 is 1. The maximum Gasteiger partial charge on any atom is 0.301 e. The first-order valence-electron chi connectivity index (χ1n) is 12.3. The molecular weight excluding hydrogens is 468 g/mol. The molecule has 4 aromatic rings. The molecule has 0 aliphatic carbocycles. The van der Waals surface area contributed by atoms with Crippen LogP contribution in [0.2, 0.25) is 0 Å². The Labute approximate surface area is 215 Å². The van der Waals surface area contributed by atoms with Crippen LogP contribution in [0.4, 0.5) is 0 Å². The van der Waals surface area contributed by atoms with E-state index in [1.165, 1.54) is 7.11 Å². The topological polar surface area (TPSA) is 82.8 Å². The number of aromatic nitrogens is 2. The Kier molecular flexibility index (Phi) is 7.19. The first-order chi connectivity index (χ1) is 18.0. The third-order valence-corrected chi connectivity index (χ3v) is 6.79. The molecule has 2 heterocycles. The molecule has 7 nitrogen and oxygen atoms in total.